The Kier molecular flexibility index (Phi) is 11.2. The normalized spacial score (nSPS) is 17.7. The predicted molar refractivity (Wildman–Crippen MR) is 114 cm³/mol. The summed E-state index contributed by atoms with van der Waals surface area (Å²) in [6.45, 7) is 10.5. The van der Waals surface area contributed by atoms with Gasteiger partial charge in [-0.25, -0.2) is 0 Å². The van der Waals surface area contributed by atoms with Crippen molar-refractivity contribution in [2.75, 3.05) is 13.2 Å². The van der Waals surface area contributed by atoms with Gasteiger partial charge in [-0.3, -0.25) is 9.59 Å². The van der Waals surface area contributed by atoms with E-state index in [1.165, 1.54) is 37.7 Å². The number of esters is 2. The van der Waals surface area contributed by atoms with Gasteiger partial charge in [0.05, 0.1) is 13.2 Å². The van der Waals surface area contributed by atoms with Crippen LogP contribution in [0.5, 0.6) is 0 Å². The van der Waals surface area contributed by atoms with Crippen molar-refractivity contribution >= 4 is 11.9 Å². The highest BCUT2D eigenvalue weighted by Gasteiger charge is 2.51. The lowest BCUT2D eigenvalue weighted by Crippen LogP contribution is -2.44. The summed E-state index contributed by atoms with van der Waals surface area (Å²) in [6, 6.07) is 0. The average Bonchev–Trinajstić information content (AvgIpc) is 2.68. The van der Waals surface area contributed by atoms with E-state index < -0.39 is 17.4 Å². The molecular formula is C24H40O4. The topological polar surface area (TPSA) is 52.6 Å². The lowest BCUT2D eigenvalue weighted by Gasteiger charge is -2.36. The fourth-order valence-electron chi connectivity index (χ4n) is 3.97. The lowest BCUT2D eigenvalue weighted by molar-refractivity contribution is -0.172. The monoisotopic (exact) mass is 392 g/mol. The number of carbonyl (C=O) groups is 2. The maximum absolute atomic E-state index is 12.9. The van der Waals surface area contributed by atoms with E-state index in [1.807, 2.05) is 0 Å². The van der Waals surface area contributed by atoms with Crippen LogP contribution >= 0.6 is 0 Å². The van der Waals surface area contributed by atoms with E-state index in [0.717, 1.165) is 30.4 Å². The van der Waals surface area contributed by atoms with E-state index in [1.54, 1.807) is 13.8 Å². The first kappa shape index (κ1) is 24.5. The van der Waals surface area contributed by atoms with Crippen molar-refractivity contribution in [3.8, 4) is 0 Å². The SMILES string of the molecule is CCCCCCCC/C=C1/CC(C(=O)OCC)(C(=O)OCC)CC(CC)=C1C. The van der Waals surface area contributed by atoms with Crippen LogP contribution in [0.1, 0.15) is 98.8 Å². The van der Waals surface area contributed by atoms with Gasteiger partial charge in [0, 0.05) is 0 Å². The minimum Gasteiger partial charge on any atom is -0.465 e. The van der Waals surface area contributed by atoms with Crippen LogP contribution in [0, 0.1) is 5.41 Å². The van der Waals surface area contributed by atoms with Gasteiger partial charge in [0.15, 0.2) is 5.41 Å². The van der Waals surface area contributed by atoms with E-state index in [-0.39, 0.29) is 13.2 Å². The van der Waals surface area contributed by atoms with Gasteiger partial charge in [0.25, 0.3) is 0 Å². The van der Waals surface area contributed by atoms with Crippen molar-refractivity contribution in [2.45, 2.75) is 98.8 Å². The zero-order valence-electron chi connectivity index (χ0n) is 18.7. The van der Waals surface area contributed by atoms with E-state index >= 15 is 0 Å². The molecule has 4 heteroatoms. The molecule has 0 bridgehead atoms. The van der Waals surface area contributed by atoms with E-state index in [4.69, 9.17) is 9.47 Å². The van der Waals surface area contributed by atoms with Gasteiger partial charge in [0.1, 0.15) is 0 Å². The van der Waals surface area contributed by atoms with Crippen molar-refractivity contribution in [2.24, 2.45) is 5.41 Å². The Labute approximate surface area is 171 Å². The summed E-state index contributed by atoms with van der Waals surface area (Å²) in [5, 5.41) is 0. The highest BCUT2D eigenvalue weighted by molar-refractivity contribution is 6.01. The highest BCUT2D eigenvalue weighted by atomic mass is 16.6. The van der Waals surface area contributed by atoms with Gasteiger partial charge in [-0.05, 0) is 64.0 Å². The van der Waals surface area contributed by atoms with Crippen molar-refractivity contribution in [1.82, 2.24) is 0 Å². The number of hydrogen-bond donors (Lipinski definition) is 0. The molecule has 28 heavy (non-hydrogen) atoms. The summed E-state index contributed by atoms with van der Waals surface area (Å²) in [5.41, 5.74) is 2.26. The first-order valence-electron chi connectivity index (χ1n) is 11.2. The molecule has 1 aliphatic rings. The van der Waals surface area contributed by atoms with Crippen molar-refractivity contribution in [3.05, 3.63) is 22.8 Å². The maximum atomic E-state index is 12.9. The summed E-state index contributed by atoms with van der Waals surface area (Å²) in [7, 11) is 0. The van der Waals surface area contributed by atoms with Gasteiger partial charge in [-0.2, -0.15) is 0 Å². The number of allylic oxidation sites excluding steroid dienone is 4. The largest absolute Gasteiger partial charge is 0.465 e. The van der Waals surface area contributed by atoms with E-state index in [0.29, 0.717) is 12.8 Å². The third-order valence-electron chi connectivity index (χ3n) is 5.73. The summed E-state index contributed by atoms with van der Waals surface area (Å²) in [4.78, 5) is 25.7. The van der Waals surface area contributed by atoms with Crippen LogP contribution in [0.15, 0.2) is 22.8 Å². The molecule has 160 valence electrons. The maximum Gasteiger partial charge on any atom is 0.324 e. The molecule has 0 saturated carbocycles. The van der Waals surface area contributed by atoms with Crippen LogP contribution in [-0.4, -0.2) is 25.2 Å². The van der Waals surface area contributed by atoms with Crippen LogP contribution in [0.2, 0.25) is 0 Å². The second kappa shape index (κ2) is 12.8. The van der Waals surface area contributed by atoms with Crippen LogP contribution in [-0.2, 0) is 19.1 Å². The first-order valence-corrected chi connectivity index (χ1v) is 11.2. The summed E-state index contributed by atoms with van der Waals surface area (Å²) in [6.07, 6.45) is 12.4. The average molecular weight is 393 g/mol. The fraction of sp³-hybridized carbons (Fsp3) is 0.750. The Balaban J connectivity index is 3.01. The van der Waals surface area contributed by atoms with Crippen LogP contribution < -0.4 is 0 Å². The number of unbranched alkanes of at least 4 members (excludes halogenated alkanes) is 6. The van der Waals surface area contributed by atoms with Crippen LogP contribution in [0.25, 0.3) is 0 Å². The lowest BCUT2D eigenvalue weighted by atomic mass is 9.68. The van der Waals surface area contributed by atoms with Gasteiger partial charge in [-0.15, -0.1) is 0 Å². The number of rotatable bonds is 12. The quantitative estimate of drug-likeness (QED) is 0.222. The second-order valence-corrected chi connectivity index (χ2v) is 7.74. The molecule has 0 aromatic carbocycles. The van der Waals surface area contributed by atoms with Gasteiger partial charge >= 0.3 is 11.9 Å². The van der Waals surface area contributed by atoms with Gasteiger partial charge in [0.2, 0.25) is 0 Å². The number of carbonyl (C=O) groups excluding carboxylic acids is 2. The predicted octanol–water partition coefficient (Wildman–Crippen LogP) is 6.30. The molecule has 0 N–H and O–H groups in total. The zero-order chi connectivity index (χ0) is 21.0. The molecular weight excluding hydrogens is 352 g/mol. The van der Waals surface area contributed by atoms with Crippen LogP contribution in [0.3, 0.4) is 0 Å². The number of hydrogen-bond acceptors (Lipinski definition) is 4. The van der Waals surface area contributed by atoms with E-state index in [2.05, 4.69) is 26.8 Å². The van der Waals surface area contributed by atoms with Crippen LogP contribution in [0.4, 0.5) is 0 Å². The number of ether oxygens (including phenoxy) is 2. The Morgan fingerprint density at radius 1 is 0.893 bits per heavy atom. The standard InChI is InChI=1S/C24H40O4/c1-6-10-11-12-13-14-15-16-21-18-24(22(25)27-8-3,23(26)28-9-4)17-20(7-2)19(21)5/h16H,6-15,17-18H2,1-5H3/b21-16-. The third kappa shape index (κ3) is 6.49. The smallest absolute Gasteiger partial charge is 0.324 e. The van der Waals surface area contributed by atoms with Crippen molar-refractivity contribution in [3.63, 3.8) is 0 Å². The Morgan fingerprint density at radius 3 is 2.00 bits per heavy atom. The molecule has 4 nitrogen and oxygen atoms in total. The molecule has 0 aromatic heterocycles. The molecule has 0 fully saturated rings. The summed E-state index contributed by atoms with van der Waals surface area (Å²) >= 11 is 0. The fourth-order valence-corrected chi connectivity index (χ4v) is 3.97. The van der Waals surface area contributed by atoms with Crippen molar-refractivity contribution in [1.29, 1.82) is 0 Å². The molecule has 0 radical (unpaired) electrons. The Hall–Kier alpha value is -1.58. The molecule has 0 amide bonds. The zero-order valence-corrected chi connectivity index (χ0v) is 18.7. The van der Waals surface area contributed by atoms with Crippen molar-refractivity contribution < 1.29 is 19.1 Å². The molecule has 0 unspecified atom stereocenters. The second-order valence-electron chi connectivity index (χ2n) is 7.74. The molecule has 0 aromatic rings. The minimum atomic E-state index is -1.23. The summed E-state index contributed by atoms with van der Waals surface area (Å²) < 4.78 is 10.6. The molecule has 0 saturated heterocycles. The molecule has 0 aliphatic heterocycles. The Bertz CT molecular complexity index is 553. The Morgan fingerprint density at radius 2 is 1.46 bits per heavy atom. The minimum absolute atomic E-state index is 0.265. The van der Waals surface area contributed by atoms with E-state index in [9.17, 15) is 9.59 Å². The first-order chi connectivity index (χ1) is 13.5. The highest BCUT2D eigenvalue weighted by Crippen LogP contribution is 2.45. The molecule has 0 heterocycles. The summed E-state index contributed by atoms with van der Waals surface area (Å²) in [5.74, 6) is -0.894. The van der Waals surface area contributed by atoms with Gasteiger partial charge < -0.3 is 9.47 Å². The molecule has 0 spiro atoms. The molecule has 1 rings (SSSR count). The third-order valence-corrected chi connectivity index (χ3v) is 5.73. The van der Waals surface area contributed by atoms with Gasteiger partial charge in [-0.1, -0.05) is 57.6 Å². The molecule has 1 aliphatic carbocycles. The molecule has 0 atom stereocenters.